The molecule has 162 valence electrons. The molecule has 3 nitrogen and oxygen atoms in total. The summed E-state index contributed by atoms with van der Waals surface area (Å²) in [5.41, 5.74) is -2.96. The van der Waals surface area contributed by atoms with E-state index in [9.17, 15) is 44.7 Å². The summed E-state index contributed by atoms with van der Waals surface area (Å²) in [7, 11) is 0. The van der Waals surface area contributed by atoms with Crippen LogP contribution in [0.15, 0.2) is 48.7 Å². The number of pyridine rings is 1. The van der Waals surface area contributed by atoms with Crippen LogP contribution in [-0.2, 0) is 5.92 Å². The lowest BCUT2D eigenvalue weighted by Crippen LogP contribution is -2.50. The van der Waals surface area contributed by atoms with Gasteiger partial charge in [-0.2, -0.15) is 35.5 Å². The van der Waals surface area contributed by atoms with Crippen LogP contribution >= 0.6 is 0 Å². The van der Waals surface area contributed by atoms with Crippen molar-refractivity contribution in [2.45, 2.75) is 30.6 Å². The number of nitrogens with zero attached hydrogens (tertiary/aromatic N) is 1. The molecule has 1 aromatic heterocycles. The Kier molecular flexibility index (Phi) is 5.15. The van der Waals surface area contributed by atoms with Crippen LogP contribution in [-0.4, -0.2) is 24.6 Å². The predicted octanol–water partition coefficient (Wildman–Crippen LogP) is 5.07. The summed E-state index contributed by atoms with van der Waals surface area (Å²) in [5.74, 6) is -12.6. The molecule has 0 N–H and O–H groups in total. The minimum atomic E-state index is -6.56. The van der Waals surface area contributed by atoms with Crippen molar-refractivity contribution in [1.29, 1.82) is 0 Å². The highest BCUT2D eigenvalue weighted by Crippen LogP contribution is 2.52. The molecule has 2 aromatic rings. The van der Waals surface area contributed by atoms with Gasteiger partial charge in [-0.3, -0.25) is 0 Å². The molecule has 1 unspecified atom stereocenters. The van der Waals surface area contributed by atoms with Crippen LogP contribution < -0.4 is 9.47 Å². The molecule has 0 saturated carbocycles. The van der Waals surface area contributed by atoms with Crippen molar-refractivity contribution in [2.75, 3.05) is 0 Å². The monoisotopic (exact) mass is 443 g/mol. The Morgan fingerprint density at radius 2 is 1.63 bits per heavy atom. The average Bonchev–Trinajstić information content (AvgIpc) is 2.66. The third-order valence-electron chi connectivity index (χ3n) is 4.33. The van der Waals surface area contributed by atoms with Gasteiger partial charge >= 0.3 is 18.0 Å². The lowest BCUT2D eigenvalue weighted by molar-refractivity contribution is -0.608. The summed E-state index contributed by atoms with van der Waals surface area (Å²) < 4.78 is 124. The van der Waals surface area contributed by atoms with Gasteiger partial charge in [-0.1, -0.05) is 0 Å². The maximum Gasteiger partial charge on any atom is 0.460 e. The molecule has 1 aliphatic heterocycles. The molecule has 0 radical (unpaired) electrons. The maximum absolute atomic E-state index is 14.1. The number of hydrogen-bond acceptors (Lipinski definition) is 2. The van der Waals surface area contributed by atoms with Crippen LogP contribution in [0.2, 0.25) is 0 Å². The fourth-order valence-electron chi connectivity index (χ4n) is 2.82. The number of halogens is 9. The molecular weight excluding hydrogens is 433 g/mol. The van der Waals surface area contributed by atoms with Gasteiger partial charge < -0.3 is 9.94 Å². The minimum absolute atomic E-state index is 0.193. The molecule has 12 heteroatoms. The van der Waals surface area contributed by atoms with Gasteiger partial charge in [0.25, 0.3) is 6.43 Å². The van der Waals surface area contributed by atoms with E-state index in [1.54, 1.807) is 0 Å². The van der Waals surface area contributed by atoms with Gasteiger partial charge in [0.2, 0.25) is 5.69 Å². The first kappa shape index (κ1) is 21.8. The van der Waals surface area contributed by atoms with Crippen molar-refractivity contribution in [3.8, 4) is 5.75 Å². The number of aromatic nitrogens is 1. The molecular formula is C18H10F9NO2. The zero-order valence-electron chi connectivity index (χ0n) is 14.4. The van der Waals surface area contributed by atoms with E-state index in [0.717, 1.165) is 12.3 Å². The molecule has 0 bridgehead atoms. The number of ether oxygens (including phenoxy) is 1. The van der Waals surface area contributed by atoms with E-state index < -0.39 is 47.4 Å². The highest BCUT2D eigenvalue weighted by atomic mass is 19.4. The third kappa shape index (κ3) is 3.43. The number of hydrogen-bond donors (Lipinski definition) is 0. The average molecular weight is 443 g/mol. The quantitative estimate of drug-likeness (QED) is 0.376. The minimum Gasteiger partial charge on any atom is -0.618 e. The van der Waals surface area contributed by atoms with E-state index in [4.69, 9.17) is 4.74 Å². The zero-order chi connectivity index (χ0) is 22.5. The van der Waals surface area contributed by atoms with Gasteiger partial charge in [0, 0.05) is 23.3 Å². The first-order valence-electron chi connectivity index (χ1n) is 8.10. The van der Waals surface area contributed by atoms with Gasteiger partial charge in [-0.25, -0.2) is 8.78 Å². The second-order valence-corrected chi connectivity index (χ2v) is 6.27. The highest BCUT2D eigenvalue weighted by Gasteiger charge is 2.73. The first-order valence-corrected chi connectivity index (χ1v) is 8.10. The van der Waals surface area contributed by atoms with Crippen molar-refractivity contribution in [1.82, 2.24) is 0 Å². The molecule has 0 saturated heterocycles. The summed E-state index contributed by atoms with van der Waals surface area (Å²) >= 11 is 0. The fourth-order valence-corrected chi connectivity index (χ4v) is 2.82. The van der Waals surface area contributed by atoms with Crippen LogP contribution in [0.5, 0.6) is 5.75 Å². The van der Waals surface area contributed by atoms with Gasteiger partial charge in [0.15, 0.2) is 12.3 Å². The molecule has 0 aliphatic carbocycles. The molecule has 0 fully saturated rings. The van der Waals surface area contributed by atoms with Crippen molar-refractivity contribution in [2.24, 2.45) is 0 Å². The lowest BCUT2D eigenvalue weighted by Gasteiger charge is -2.30. The van der Waals surface area contributed by atoms with Crippen LogP contribution in [0.1, 0.15) is 16.8 Å². The van der Waals surface area contributed by atoms with Crippen molar-refractivity contribution in [3.05, 3.63) is 70.7 Å². The van der Waals surface area contributed by atoms with Gasteiger partial charge in [-0.15, -0.1) is 0 Å². The molecule has 2 heterocycles. The number of rotatable bonds is 4. The van der Waals surface area contributed by atoms with Crippen molar-refractivity contribution < 1.29 is 49.0 Å². The molecule has 1 aromatic carbocycles. The molecule has 1 atom stereocenters. The van der Waals surface area contributed by atoms with Crippen LogP contribution in [0, 0.1) is 5.21 Å². The Labute approximate surface area is 162 Å². The van der Waals surface area contributed by atoms with Crippen LogP contribution in [0.4, 0.5) is 39.5 Å². The van der Waals surface area contributed by atoms with Gasteiger partial charge in [-0.05, 0) is 30.3 Å². The summed E-state index contributed by atoms with van der Waals surface area (Å²) in [6.45, 7) is 0. The van der Waals surface area contributed by atoms with Crippen molar-refractivity contribution >= 4 is 5.57 Å². The Balaban J connectivity index is 2.19. The Bertz CT molecular complexity index is 986. The second kappa shape index (κ2) is 7.10. The fraction of sp³-hybridized carbons (Fsp3) is 0.278. The number of alkyl halides is 9. The molecule has 1 aliphatic rings. The lowest BCUT2D eigenvalue weighted by atomic mass is 9.92. The van der Waals surface area contributed by atoms with Gasteiger partial charge in [0.1, 0.15) is 5.75 Å². The molecule has 0 spiro atoms. The van der Waals surface area contributed by atoms with E-state index in [1.165, 1.54) is 12.1 Å². The van der Waals surface area contributed by atoms with Crippen LogP contribution in [0.3, 0.4) is 0 Å². The summed E-state index contributed by atoms with van der Waals surface area (Å²) in [6.07, 6.45) is -9.90. The van der Waals surface area contributed by atoms with Crippen molar-refractivity contribution in [3.63, 3.8) is 0 Å². The molecule has 3 rings (SSSR count). The SMILES string of the molecule is [O-][n+]1ccccc1C1=CC(C(F)F)Oc2ccc(C(F)(F)C(F)(F)C(F)(F)F)cc21. The van der Waals surface area contributed by atoms with Gasteiger partial charge in [0.05, 0.1) is 5.57 Å². The Morgan fingerprint density at radius 3 is 2.20 bits per heavy atom. The Morgan fingerprint density at radius 1 is 0.967 bits per heavy atom. The summed E-state index contributed by atoms with van der Waals surface area (Å²) in [5, 5.41) is 12.0. The summed E-state index contributed by atoms with van der Waals surface area (Å²) in [4.78, 5) is 0. The normalized spacial score (nSPS) is 17.4. The van der Waals surface area contributed by atoms with E-state index in [0.29, 0.717) is 12.1 Å². The van der Waals surface area contributed by atoms with E-state index in [1.807, 2.05) is 0 Å². The standard InChI is InChI=1S/C18H10F9NO2/c19-15(20)14-8-10(12-3-1-2-6-28(12)29)11-7-9(4-5-13(11)30-14)16(21,22)17(23,24)18(25,26)27/h1-8,14-15H. The van der Waals surface area contributed by atoms with E-state index in [2.05, 4.69) is 0 Å². The van der Waals surface area contributed by atoms with Crippen LogP contribution in [0.25, 0.3) is 5.57 Å². The maximum atomic E-state index is 14.1. The van der Waals surface area contributed by atoms with E-state index in [-0.39, 0.29) is 28.1 Å². The third-order valence-corrected chi connectivity index (χ3v) is 4.33. The Hall–Kier alpha value is -2.92. The molecule has 30 heavy (non-hydrogen) atoms. The zero-order valence-corrected chi connectivity index (χ0v) is 14.4. The summed E-state index contributed by atoms with van der Waals surface area (Å²) in [6, 6.07) is 4.77. The smallest absolute Gasteiger partial charge is 0.460 e. The number of benzene rings is 1. The topological polar surface area (TPSA) is 36.2 Å². The second-order valence-electron chi connectivity index (χ2n) is 6.27. The molecule has 0 amide bonds. The number of fused-ring (bicyclic) bond motifs is 1. The van der Waals surface area contributed by atoms with E-state index >= 15 is 0 Å². The largest absolute Gasteiger partial charge is 0.618 e. The first-order chi connectivity index (χ1) is 13.8. The highest BCUT2D eigenvalue weighted by molar-refractivity contribution is 5.82. The predicted molar refractivity (Wildman–Crippen MR) is 84.2 cm³/mol.